The molecule has 0 atom stereocenters. The van der Waals surface area contributed by atoms with E-state index in [1.165, 1.54) is 24.0 Å². The van der Waals surface area contributed by atoms with Gasteiger partial charge in [-0.1, -0.05) is 17.7 Å². The van der Waals surface area contributed by atoms with Crippen LogP contribution in [0, 0.1) is 12.8 Å². The average Bonchev–Trinajstić information content (AvgIpc) is 3.13. The van der Waals surface area contributed by atoms with Gasteiger partial charge in [0, 0.05) is 11.1 Å². The Bertz CT molecular complexity index is 405. The summed E-state index contributed by atoms with van der Waals surface area (Å²) in [4.78, 5) is 0. The van der Waals surface area contributed by atoms with Crippen molar-refractivity contribution in [2.75, 3.05) is 6.61 Å². The number of benzene rings is 1. The summed E-state index contributed by atoms with van der Waals surface area (Å²) in [6.07, 6.45) is 4.84. The first-order valence-electron chi connectivity index (χ1n) is 6.20. The SMILES string of the molecule is Cc1ccc(OCC2CC2)c(C2(N)CC2)c1. The maximum Gasteiger partial charge on any atom is 0.124 e. The summed E-state index contributed by atoms with van der Waals surface area (Å²) in [7, 11) is 0. The molecule has 0 bridgehead atoms. The van der Waals surface area contributed by atoms with Crippen LogP contribution in [0.1, 0.15) is 36.8 Å². The van der Waals surface area contributed by atoms with Crippen LogP contribution in [0.3, 0.4) is 0 Å². The third-order valence-electron chi connectivity index (χ3n) is 3.63. The first kappa shape index (κ1) is 10.2. The van der Waals surface area contributed by atoms with Gasteiger partial charge in [-0.05, 0) is 44.6 Å². The molecule has 3 rings (SSSR count). The molecule has 2 nitrogen and oxygen atoms in total. The highest BCUT2D eigenvalue weighted by atomic mass is 16.5. The Morgan fingerprint density at radius 2 is 2.12 bits per heavy atom. The molecule has 2 aliphatic rings. The van der Waals surface area contributed by atoms with E-state index in [-0.39, 0.29) is 5.54 Å². The van der Waals surface area contributed by atoms with Crippen LogP contribution in [0.4, 0.5) is 0 Å². The predicted molar refractivity (Wildman–Crippen MR) is 64.5 cm³/mol. The van der Waals surface area contributed by atoms with Crippen LogP contribution in [0.5, 0.6) is 5.75 Å². The van der Waals surface area contributed by atoms with E-state index in [2.05, 4.69) is 25.1 Å². The lowest BCUT2D eigenvalue weighted by atomic mass is 10.0. The zero-order chi connectivity index (χ0) is 11.2. The predicted octanol–water partition coefficient (Wildman–Crippen LogP) is 2.73. The quantitative estimate of drug-likeness (QED) is 0.841. The third-order valence-corrected chi connectivity index (χ3v) is 3.63. The van der Waals surface area contributed by atoms with Crippen LogP contribution in [-0.4, -0.2) is 6.61 Å². The van der Waals surface area contributed by atoms with Crippen LogP contribution in [0.25, 0.3) is 0 Å². The van der Waals surface area contributed by atoms with E-state index in [1.54, 1.807) is 0 Å². The van der Waals surface area contributed by atoms with Crippen molar-refractivity contribution in [3.63, 3.8) is 0 Å². The number of hydrogen-bond donors (Lipinski definition) is 1. The normalized spacial score (nSPS) is 21.9. The molecule has 0 unspecified atom stereocenters. The molecule has 1 aromatic carbocycles. The average molecular weight is 217 g/mol. The highest BCUT2D eigenvalue weighted by molar-refractivity contribution is 5.44. The first-order chi connectivity index (χ1) is 7.67. The molecule has 0 saturated heterocycles. The van der Waals surface area contributed by atoms with Gasteiger partial charge in [0.25, 0.3) is 0 Å². The number of ether oxygens (including phenoxy) is 1. The Morgan fingerprint density at radius 3 is 2.75 bits per heavy atom. The molecule has 1 aromatic rings. The van der Waals surface area contributed by atoms with E-state index < -0.39 is 0 Å². The van der Waals surface area contributed by atoms with Crippen molar-refractivity contribution in [3.05, 3.63) is 29.3 Å². The minimum atomic E-state index is -0.0924. The largest absolute Gasteiger partial charge is 0.493 e. The molecule has 0 radical (unpaired) electrons. The summed E-state index contributed by atoms with van der Waals surface area (Å²) >= 11 is 0. The molecule has 2 N–H and O–H groups in total. The fourth-order valence-electron chi connectivity index (χ4n) is 2.05. The number of nitrogens with two attached hydrogens (primary N) is 1. The minimum Gasteiger partial charge on any atom is -0.493 e. The van der Waals surface area contributed by atoms with Crippen molar-refractivity contribution < 1.29 is 4.74 Å². The Kier molecular flexibility index (Phi) is 2.21. The molecule has 86 valence electrons. The van der Waals surface area contributed by atoms with Gasteiger partial charge in [0.1, 0.15) is 5.75 Å². The number of hydrogen-bond acceptors (Lipinski definition) is 2. The van der Waals surface area contributed by atoms with Gasteiger partial charge in [0.15, 0.2) is 0 Å². The summed E-state index contributed by atoms with van der Waals surface area (Å²) in [5.41, 5.74) is 8.67. The zero-order valence-corrected chi connectivity index (χ0v) is 9.83. The molecular weight excluding hydrogens is 198 g/mol. The molecule has 0 aliphatic heterocycles. The van der Waals surface area contributed by atoms with E-state index in [4.69, 9.17) is 10.5 Å². The number of aryl methyl sites for hydroxylation is 1. The van der Waals surface area contributed by atoms with Crippen LogP contribution in [0.2, 0.25) is 0 Å². The van der Waals surface area contributed by atoms with E-state index in [9.17, 15) is 0 Å². The van der Waals surface area contributed by atoms with Gasteiger partial charge in [0.2, 0.25) is 0 Å². The molecule has 0 spiro atoms. The van der Waals surface area contributed by atoms with Crippen LogP contribution in [0.15, 0.2) is 18.2 Å². The van der Waals surface area contributed by atoms with E-state index in [0.717, 1.165) is 31.1 Å². The Hall–Kier alpha value is -1.02. The molecule has 16 heavy (non-hydrogen) atoms. The number of rotatable bonds is 4. The Balaban J connectivity index is 1.83. The minimum absolute atomic E-state index is 0.0924. The lowest BCUT2D eigenvalue weighted by Gasteiger charge is -2.16. The summed E-state index contributed by atoms with van der Waals surface area (Å²) in [5.74, 6) is 1.81. The summed E-state index contributed by atoms with van der Waals surface area (Å²) in [6, 6.07) is 6.38. The molecule has 2 aliphatic carbocycles. The smallest absolute Gasteiger partial charge is 0.124 e. The molecule has 2 saturated carbocycles. The van der Waals surface area contributed by atoms with E-state index in [1.807, 2.05) is 0 Å². The molecule has 0 amide bonds. The van der Waals surface area contributed by atoms with Crippen LogP contribution >= 0.6 is 0 Å². The zero-order valence-electron chi connectivity index (χ0n) is 9.83. The summed E-state index contributed by atoms with van der Waals surface area (Å²) in [6.45, 7) is 2.98. The van der Waals surface area contributed by atoms with Gasteiger partial charge in [-0.25, -0.2) is 0 Å². The lowest BCUT2D eigenvalue weighted by Crippen LogP contribution is -2.20. The van der Waals surface area contributed by atoms with Gasteiger partial charge < -0.3 is 10.5 Å². The second kappa shape index (κ2) is 3.49. The lowest BCUT2D eigenvalue weighted by molar-refractivity contribution is 0.294. The van der Waals surface area contributed by atoms with Gasteiger partial charge in [-0.3, -0.25) is 0 Å². The van der Waals surface area contributed by atoms with Gasteiger partial charge >= 0.3 is 0 Å². The first-order valence-corrected chi connectivity index (χ1v) is 6.20. The van der Waals surface area contributed by atoms with E-state index in [0.29, 0.717) is 0 Å². The maximum atomic E-state index is 6.28. The van der Waals surface area contributed by atoms with Crippen molar-refractivity contribution in [2.24, 2.45) is 11.7 Å². The van der Waals surface area contributed by atoms with Gasteiger partial charge in [-0.15, -0.1) is 0 Å². The molecule has 2 fully saturated rings. The third kappa shape index (κ3) is 1.94. The molecule has 2 heteroatoms. The Morgan fingerprint density at radius 1 is 1.38 bits per heavy atom. The second-order valence-electron chi connectivity index (χ2n) is 5.41. The van der Waals surface area contributed by atoms with Gasteiger partial charge in [0.05, 0.1) is 6.61 Å². The summed E-state index contributed by atoms with van der Waals surface area (Å²) < 4.78 is 5.90. The standard InChI is InChI=1S/C14H19NO/c1-10-2-5-13(16-9-11-3-4-11)12(8-10)14(15)6-7-14/h2,5,8,11H,3-4,6-7,9,15H2,1H3. The van der Waals surface area contributed by atoms with Crippen molar-refractivity contribution in [1.82, 2.24) is 0 Å². The molecule has 0 aromatic heterocycles. The second-order valence-corrected chi connectivity index (χ2v) is 5.41. The van der Waals surface area contributed by atoms with Crippen molar-refractivity contribution in [1.29, 1.82) is 0 Å². The van der Waals surface area contributed by atoms with Crippen molar-refractivity contribution in [3.8, 4) is 5.75 Å². The maximum absolute atomic E-state index is 6.28. The van der Waals surface area contributed by atoms with Crippen LogP contribution in [-0.2, 0) is 5.54 Å². The fourth-order valence-corrected chi connectivity index (χ4v) is 2.05. The Labute approximate surface area is 96.8 Å². The topological polar surface area (TPSA) is 35.2 Å². The summed E-state index contributed by atoms with van der Waals surface area (Å²) in [5, 5.41) is 0. The molecule has 0 heterocycles. The highest BCUT2D eigenvalue weighted by Crippen LogP contribution is 2.47. The van der Waals surface area contributed by atoms with E-state index >= 15 is 0 Å². The van der Waals surface area contributed by atoms with Crippen molar-refractivity contribution >= 4 is 0 Å². The van der Waals surface area contributed by atoms with Crippen molar-refractivity contribution in [2.45, 2.75) is 38.1 Å². The monoisotopic (exact) mass is 217 g/mol. The highest BCUT2D eigenvalue weighted by Gasteiger charge is 2.42. The van der Waals surface area contributed by atoms with Gasteiger partial charge in [-0.2, -0.15) is 0 Å². The fraction of sp³-hybridized carbons (Fsp3) is 0.571. The molecular formula is C14H19NO. The van der Waals surface area contributed by atoms with Crippen LogP contribution < -0.4 is 10.5 Å².